The number of fused-ring (bicyclic) bond motifs is 1. The average Bonchev–Trinajstić information content (AvgIpc) is 2.39. The number of Topliss-reactive ketones (excluding diaryl/α,β-unsaturated/α-hetero) is 1. The molecule has 1 aliphatic heterocycles. The van der Waals surface area contributed by atoms with Gasteiger partial charge < -0.3 is 0 Å². The van der Waals surface area contributed by atoms with Gasteiger partial charge in [-0.25, -0.2) is 4.98 Å². The summed E-state index contributed by atoms with van der Waals surface area (Å²) in [6.45, 7) is 3.40. The topological polar surface area (TPSA) is 34.9 Å². The zero-order valence-electron chi connectivity index (χ0n) is 7.72. The lowest BCUT2D eigenvalue weighted by molar-refractivity contribution is 0.101. The predicted octanol–water partition coefficient (Wildman–Crippen LogP) is 1.15. The molecule has 0 amide bonds. The summed E-state index contributed by atoms with van der Waals surface area (Å²) < 4.78 is 1.72. The zero-order valence-corrected chi connectivity index (χ0v) is 7.72. The van der Waals surface area contributed by atoms with Gasteiger partial charge in [-0.1, -0.05) is 5.92 Å². The van der Waals surface area contributed by atoms with E-state index in [-0.39, 0.29) is 5.78 Å². The maximum Gasteiger partial charge on any atom is 0.179 e. The van der Waals surface area contributed by atoms with Gasteiger partial charge in [0.25, 0.3) is 0 Å². The second-order valence-corrected chi connectivity index (χ2v) is 3.14. The van der Waals surface area contributed by atoms with Gasteiger partial charge in [-0.2, -0.15) is 0 Å². The van der Waals surface area contributed by atoms with Crippen LogP contribution in [0, 0.1) is 18.9 Å². The molecule has 0 saturated heterocycles. The Hall–Kier alpha value is -1.56. The van der Waals surface area contributed by atoms with Gasteiger partial charge in [0.05, 0.1) is 5.69 Å². The van der Waals surface area contributed by atoms with E-state index in [9.17, 15) is 4.79 Å². The maximum absolute atomic E-state index is 11.3. The minimum Gasteiger partial charge on any atom is -0.293 e. The van der Waals surface area contributed by atoms with Gasteiger partial charge in [0.1, 0.15) is 11.5 Å². The Morgan fingerprint density at radius 2 is 2.38 bits per heavy atom. The third kappa shape index (κ3) is 1.15. The van der Waals surface area contributed by atoms with Crippen molar-refractivity contribution in [3.05, 3.63) is 17.2 Å². The second kappa shape index (κ2) is 2.74. The number of carbonyl (C=O) groups excluding carboxylic acids is 1. The van der Waals surface area contributed by atoms with Crippen LogP contribution in [0.15, 0.2) is 0 Å². The van der Waals surface area contributed by atoms with Gasteiger partial charge in [-0.05, 0) is 6.92 Å². The van der Waals surface area contributed by atoms with Crippen molar-refractivity contribution < 1.29 is 4.79 Å². The van der Waals surface area contributed by atoms with Crippen LogP contribution < -0.4 is 0 Å². The molecule has 1 aliphatic rings. The van der Waals surface area contributed by atoms with E-state index in [0.29, 0.717) is 5.69 Å². The van der Waals surface area contributed by atoms with Gasteiger partial charge in [0.15, 0.2) is 5.78 Å². The Morgan fingerprint density at radius 1 is 1.62 bits per heavy atom. The van der Waals surface area contributed by atoms with E-state index in [4.69, 9.17) is 0 Å². The Morgan fingerprint density at radius 3 is 3.08 bits per heavy atom. The molecule has 0 saturated carbocycles. The number of aromatic nitrogens is 2. The number of hydrogen-bond acceptors (Lipinski definition) is 2. The lowest BCUT2D eigenvalue weighted by atomic mass is 10.2. The summed E-state index contributed by atoms with van der Waals surface area (Å²) in [5.74, 6) is 3.92. The number of carbonyl (C=O) groups is 1. The molecular formula is C10H10N2O. The minimum atomic E-state index is 0.0347. The van der Waals surface area contributed by atoms with Crippen LogP contribution in [-0.4, -0.2) is 15.3 Å². The Labute approximate surface area is 76.8 Å². The van der Waals surface area contributed by atoms with E-state index in [1.807, 2.05) is 6.92 Å². The van der Waals surface area contributed by atoms with Crippen LogP contribution in [0.4, 0.5) is 0 Å². The number of imidazole rings is 1. The summed E-state index contributed by atoms with van der Waals surface area (Å²) in [4.78, 5) is 15.6. The monoisotopic (exact) mass is 174 g/mol. The highest BCUT2D eigenvalue weighted by atomic mass is 16.1. The fourth-order valence-electron chi connectivity index (χ4n) is 1.60. The minimum absolute atomic E-state index is 0.0347. The van der Waals surface area contributed by atoms with Crippen LogP contribution in [-0.2, 0) is 6.42 Å². The largest absolute Gasteiger partial charge is 0.293 e. The number of hydrogen-bond donors (Lipinski definition) is 0. The molecule has 2 heterocycles. The smallest absolute Gasteiger partial charge is 0.179 e. The Bertz CT molecular complexity index is 432. The highest BCUT2D eigenvalue weighted by molar-refractivity contribution is 5.94. The third-order valence-corrected chi connectivity index (χ3v) is 2.12. The summed E-state index contributed by atoms with van der Waals surface area (Å²) in [5.41, 5.74) is 1.43. The lowest BCUT2D eigenvalue weighted by Gasteiger charge is -2.04. The van der Waals surface area contributed by atoms with E-state index in [1.165, 1.54) is 0 Å². The molecule has 0 atom stereocenters. The first-order chi connectivity index (χ1) is 6.20. The van der Waals surface area contributed by atoms with Gasteiger partial charge in [-0.3, -0.25) is 9.36 Å². The Kier molecular flexibility index (Phi) is 1.70. The SMILES string of the molecule is CC(=O)c1c(C)nc2n1C#CCC2. The molecule has 0 aromatic carbocycles. The molecule has 3 nitrogen and oxygen atoms in total. The first-order valence-corrected chi connectivity index (χ1v) is 4.28. The molecule has 3 heteroatoms. The van der Waals surface area contributed by atoms with Crippen molar-refractivity contribution in [2.24, 2.45) is 0 Å². The van der Waals surface area contributed by atoms with E-state index < -0.39 is 0 Å². The molecule has 66 valence electrons. The maximum atomic E-state index is 11.3. The average molecular weight is 174 g/mol. The molecule has 0 spiro atoms. The van der Waals surface area contributed by atoms with E-state index in [0.717, 1.165) is 24.4 Å². The summed E-state index contributed by atoms with van der Waals surface area (Å²) in [6.07, 6.45) is 1.69. The van der Waals surface area contributed by atoms with Crippen molar-refractivity contribution in [3.63, 3.8) is 0 Å². The first kappa shape index (κ1) is 8.06. The molecule has 0 bridgehead atoms. The summed E-state index contributed by atoms with van der Waals surface area (Å²) >= 11 is 0. The third-order valence-electron chi connectivity index (χ3n) is 2.12. The quantitative estimate of drug-likeness (QED) is 0.473. The molecule has 0 radical (unpaired) electrons. The number of ketones is 1. The Balaban J connectivity index is 2.67. The molecule has 2 rings (SSSR count). The number of nitrogens with zero attached hydrogens (tertiary/aromatic N) is 2. The molecule has 0 aliphatic carbocycles. The summed E-state index contributed by atoms with van der Waals surface area (Å²) in [6, 6.07) is 2.92. The number of aryl methyl sites for hydroxylation is 2. The van der Waals surface area contributed by atoms with E-state index in [1.54, 1.807) is 11.5 Å². The van der Waals surface area contributed by atoms with Crippen molar-refractivity contribution in [1.29, 1.82) is 0 Å². The zero-order chi connectivity index (χ0) is 9.42. The second-order valence-electron chi connectivity index (χ2n) is 3.14. The molecule has 0 N–H and O–H groups in total. The number of rotatable bonds is 1. The predicted molar refractivity (Wildman–Crippen MR) is 48.5 cm³/mol. The van der Waals surface area contributed by atoms with Crippen LogP contribution in [0.1, 0.15) is 35.4 Å². The van der Waals surface area contributed by atoms with Crippen molar-refractivity contribution in [2.75, 3.05) is 0 Å². The van der Waals surface area contributed by atoms with Crippen LogP contribution in [0.2, 0.25) is 0 Å². The molecule has 1 aromatic rings. The van der Waals surface area contributed by atoms with E-state index >= 15 is 0 Å². The van der Waals surface area contributed by atoms with Crippen molar-refractivity contribution >= 4 is 5.78 Å². The highest BCUT2D eigenvalue weighted by Gasteiger charge is 2.17. The van der Waals surface area contributed by atoms with Crippen molar-refractivity contribution in [2.45, 2.75) is 26.7 Å². The van der Waals surface area contributed by atoms with Crippen LogP contribution >= 0.6 is 0 Å². The normalized spacial score (nSPS) is 13.1. The molecular weight excluding hydrogens is 164 g/mol. The first-order valence-electron chi connectivity index (χ1n) is 4.28. The fourth-order valence-corrected chi connectivity index (χ4v) is 1.60. The fraction of sp³-hybridized carbons (Fsp3) is 0.400. The van der Waals surface area contributed by atoms with Crippen LogP contribution in [0.3, 0.4) is 0 Å². The van der Waals surface area contributed by atoms with Gasteiger partial charge in [0.2, 0.25) is 0 Å². The molecule has 0 unspecified atom stereocenters. The van der Waals surface area contributed by atoms with Crippen molar-refractivity contribution in [3.8, 4) is 12.0 Å². The molecule has 0 fully saturated rings. The molecule has 1 aromatic heterocycles. The van der Waals surface area contributed by atoms with Crippen LogP contribution in [0.5, 0.6) is 0 Å². The lowest BCUT2D eigenvalue weighted by Crippen LogP contribution is -2.08. The summed E-state index contributed by atoms with van der Waals surface area (Å²) in [5, 5.41) is 0. The molecule has 13 heavy (non-hydrogen) atoms. The highest BCUT2D eigenvalue weighted by Crippen LogP contribution is 2.14. The van der Waals surface area contributed by atoms with E-state index in [2.05, 4.69) is 16.9 Å². The summed E-state index contributed by atoms with van der Waals surface area (Å²) in [7, 11) is 0. The van der Waals surface area contributed by atoms with Crippen molar-refractivity contribution in [1.82, 2.24) is 9.55 Å². The van der Waals surface area contributed by atoms with Gasteiger partial charge in [-0.15, -0.1) is 0 Å². The van der Waals surface area contributed by atoms with Gasteiger partial charge in [0, 0.05) is 25.8 Å². The van der Waals surface area contributed by atoms with Crippen LogP contribution in [0.25, 0.3) is 0 Å². The standard InChI is InChI=1S/C10H10N2O/c1-7-10(8(2)13)12-6-4-3-5-9(12)11-7/h3,5H2,1-2H3. The van der Waals surface area contributed by atoms with Gasteiger partial charge >= 0.3 is 0 Å².